The quantitative estimate of drug-likeness (QED) is 0.242. The molecule has 0 saturated carbocycles. The fraction of sp³-hybridized carbons (Fsp3) is 0.286. The summed E-state index contributed by atoms with van der Waals surface area (Å²) >= 11 is 0. The zero-order chi connectivity index (χ0) is 8.69. The van der Waals surface area contributed by atoms with Gasteiger partial charge in [-0.05, 0) is 0 Å². The van der Waals surface area contributed by atoms with Gasteiger partial charge in [0.2, 0.25) is 0 Å². The second-order valence-corrected chi connectivity index (χ2v) is 2.02. The Hall–Kier alpha value is -1.81. The van der Waals surface area contributed by atoms with Crippen LogP contribution in [0.3, 0.4) is 0 Å². The molecule has 0 rings (SSSR count). The van der Waals surface area contributed by atoms with E-state index in [-0.39, 0.29) is 0 Å². The van der Waals surface area contributed by atoms with Crippen LogP contribution in [0.4, 0.5) is 0 Å². The summed E-state index contributed by atoms with van der Waals surface area (Å²) in [6.45, 7) is 0. The minimum absolute atomic E-state index is 0.861. The van der Waals surface area contributed by atoms with Gasteiger partial charge in [-0.25, -0.2) is 4.58 Å². The summed E-state index contributed by atoms with van der Waals surface area (Å²) in [7, 11) is 3.71. The monoisotopic (exact) mass is 149 g/mol. The highest BCUT2D eigenvalue weighted by Gasteiger charge is 1.88. The van der Waals surface area contributed by atoms with Crippen molar-refractivity contribution in [3.63, 3.8) is 0 Å². The lowest BCUT2D eigenvalue weighted by atomic mass is 10.6. The average molecular weight is 149 g/mol. The summed E-state index contributed by atoms with van der Waals surface area (Å²) < 4.78 is 1.81. The van der Waals surface area contributed by atoms with Gasteiger partial charge in [-0.3, -0.25) is 0 Å². The van der Waals surface area contributed by atoms with Crippen LogP contribution in [0.1, 0.15) is 0 Å². The SMILES string of the molecule is C[N+](C)=CC=CN(C#N)C#N. The van der Waals surface area contributed by atoms with E-state index in [2.05, 4.69) is 0 Å². The van der Waals surface area contributed by atoms with Crippen molar-refractivity contribution >= 4 is 6.21 Å². The lowest BCUT2D eigenvalue weighted by molar-refractivity contribution is -0.458. The van der Waals surface area contributed by atoms with Gasteiger partial charge in [0.05, 0.1) is 0 Å². The van der Waals surface area contributed by atoms with Gasteiger partial charge in [0, 0.05) is 12.3 Å². The molecule has 0 aliphatic heterocycles. The molecule has 0 aromatic carbocycles. The van der Waals surface area contributed by atoms with Crippen LogP contribution in [-0.4, -0.2) is 29.8 Å². The predicted molar refractivity (Wildman–Crippen MR) is 40.4 cm³/mol. The van der Waals surface area contributed by atoms with Crippen molar-refractivity contribution < 1.29 is 4.58 Å². The maximum Gasteiger partial charge on any atom is 0.198 e. The lowest BCUT2D eigenvalue weighted by Crippen LogP contribution is -2.01. The van der Waals surface area contributed by atoms with Crippen LogP contribution >= 0.6 is 0 Å². The Balaban J connectivity index is 4.06. The first-order valence-corrected chi connectivity index (χ1v) is 2.97. The molecule has 0 N–H and O–H groups in total. The van der Waals surface area contributed by atoms with E-state index in [1.165, 1.54) is 6.20 Å². The molecule has 0 saturated heterocycles. The molecule has 0 amide bonds. The Kier molecular flexibility index (Phi) is 4.19. The van der Waals surface area contributed by atoms with Gasteiger partial charge in [-0.2, -0.15) is 15.4 Å². The normalized spacial score (nSPS) is 8.36. The molecule has 0 radical (unpaired) electrons. The highest BCUT2D eigenvalue weighted by molar-refractivity contribution is 5.65. The summed E-state index contributed by atoms with van der Waals surface area (Å²) in [5.74, 6) is 0. The van der Waals surface area contributed by atoms with Gasteiger partial charge in [-0.15, -0.1) is 0 Å². The van der Waals surface area contributed by atoms with Crippen molar-refractivity contribution in [3.05, 3.63) is 12.3 Å². The summed E-state index contributed by atoms with van der Waals surface area (Å²) in [5.41, 5.74) is 0. The van der Waals surface area contributed by atoms with Gasteiger partial charge in [-0.1, -0.05) is 0 Å². The third kappa shape index (κ3) is 4.68. The van der Waals surface area contributed by atoms with E-state index in [1.807, 2.05) is 18.7 Å². The van der Waals surface area contributed by atoms with Crippen molar-refractivity contribution in [1.29, 1.82) is 10.5 Å². The molecule has 0 aliphatic carbocycles. The molecule has 0 bridgehead atoms. The van der Waals surface area contributed by atoms with Crippen molar-refractivity contribution in [2.45, 2.75) is 0 Å². The fourth-order valence-corrected chi connectivity index (χ4v) is 0.386. The molecule has 0 atom stereocenters. The number of rotatable bonds is 2. The van der Waals surface area contributed by atoms with Gasteiger partial charge in [0.1, 0.15) is 14.1 Å². The van der Waals surface area contributed by atoms with Crippen LogP contribution in [0.15, 0.2) is 12.3 Å². The number of allylic oxidation sites excluding steroid dienone is 1. The molecule has 0 aromatic heterocycles. The topological polar surface area (TPSA) is 53.8 Å². The minimum atomic E-state index is 0.861. The van der Waals surface area contributed by atoms with E-state index in [0.717, 1.165) is 4.90 Å². The highest BCUT2D eigenvalue weighted by Crippen LogP contribution is 1.80. The molecule has 0 unspecified atom stereocenters. The summed E-state index contributed by atoms with van der Waals surface area (Å²) in [6, 6.07) is 0. The zero-order valence-electron chi connectivity index (χ0n) is 6.52. The summed E-state index contributed by atoms with van der Waals surface area (Å²) in [5, 5.41) is 16.5. The number of hydrogen-bond acceptors (Lipinski definition) is 3. The number of hydrogen-bond donors (Lipinski definition) is 0. The number of nitriles is 2. The van der Waals surface area contributed by atoms with Crippen LogP contribution < -0.4 is 0 Å². The molecule has 4 nitrogen and oxygen atoms in total. The second-order valence-electron chi connectivity index (χ2n) is 2.02. The van der Waals surface area contributed by atoms with Crippen molar-refractivity contribution in [3.8, 4) is 12.4 Å². The maximum atomic E-state index is 8.27. The van der Waals surface area contributed by atoms with E-state index in [9.17, 15) is 0 Å². The molecule has 0 aliphatic rings. The first-order chi connectivity index (χ1) is 5.20. The molecular formula is C7H9N4+. The Bertz CT molecular complexity index is 233. The Morgan fingerprint density at radius 1 is 1.27 bits per heavy atom. The van der Waals surface area contributed by atoms with Gasteiger partial charge in [0.15, 0.2) is 18.6 Å². The highest BCUT2D eigenvalue weighted by atomic mass is 15.1. The largest absolute Gasteiger partial charge is 0.241 e. The van der Waals surface area contributed by atoms with Crippen molar-refractivity contribution in [2.75, 3.05) is 14.1 Å². The second kappa shape index (κ2) is 5.01. The Labute approximate surface area is 65.9 Å². The van der Waals surface area contributed by atoms with E-state index >= 15 is 0 Å². The first kappa shape index (κ1) is 9.19. The van der Waals surface area contributed by atoms with Gasteiger partial charge >= 0.3 is 0 Å². The van der Waals surface area contributed by atoms with Crippen molar-refractivity contribution in [2.24, 2.45) is 0 Å². The smallest absolute Gasteiger partial charge is 0.198 e. The van der Waals surface area contributed by atoms with E-state index in [1.54, 1.807) is 24.7 Å². The lowest BCUT2D eigenvalue weighted by Gasteiger charge is -1.90. The van der Waals surface area contributed by atoms with Crippen LogP contribution in [0.2, 0.25) is 0 Å². The van der Waals surface area contributed by atoms with E-state index in [4.69, 9.17) is 10.5 Å². The van der Waals surface area contributed by atoms with E-state index in [0.29, 0.717) is 0 Å². The van der Waals surface area contributed by atoms with Crippen LogP contribution in [0.5, 0.6) is 0 Å². The van der Waals surface area contributed by atoms with Gasteiger partial charge in [0.25, 0.3) is 0 Å². The Morgan fingerprint density at radius 2 is 1.82 bits per heavy atom. The maximum absolute atomic E-state index is 8.27. The van der Waals surface area contributed by atoms with E-state index < -0.39 is 0 Å². The molecule has 11 heavy (non-hydrogen) atoms. The molecule has 4 heteroatoms. The average Bonchev–Trinajstić information content (AvgIpc) is 1.98. The van der Waals surface area contributed by atoms with Gasteiger partial charge < -0.3 is 0 Å². The standard InChI is InChI=1S/C7H9N4/c1-10(2)4-3-5-11(6-8)7-9/h3-5H,1-2H3/q+1. The zero-order valence-corrected chi connectivity index (χ0v) is 6.52. The molecular weight excluding hydrogens is 140 g/mol. The summed E-state index contributed by atoms with van der Waals surface area (Å²) in [6.07, 6.45) is 8.09. The van der Waals surface area contributed by atoms with Crippen LogP contribution in [-0.2, 0) is 0 Å². The fourth-order valence-electron chi connectivity index (χ4n) is 0.386. The first-order valence-electron chi connectivity index (χ1n) is 2.97. The Morgan fingerprint density at radius 3 is 2.18 bits per heavy atom. The third-order valence-corrected chi connectivity index (χ3v) is 0.835. The minimum Gasteiger partial charge on any atom is -0.241 e. The van der Waals surface area contributed by atoms with Crippen LogP contribution in [0, 0.1) is 22.9 Å². The van der Waals surface area contributed by atoms with Crippen molar-refractivity contribution in [1.82, 2.24) is 4.90 Å². The summed E-state index contributed by atoms with van der Waals surface area (Å²) in [4.78, 5) is 0.861. The number of nitrogens with zero attached hydrogens (tertiary/aromatic N) is 4. The molecule has 0 fully saturated rings. The third-order valence-electron chi connectivity index (χ3n) is 0.835. The molecule has 0 aromatic rings. The molecule has 56 valence electrons. The molecule has 0 spiro atoms. The van der Waals surface area contributed by atoms with Crippen LogP contribution in [0.25, 0.3) is 0 Å². The predicted octanol–water partition coefficient (Wildman–Crippen LogP) is 0.107. The molecule has 0 heterocycles.